The maximum absolute atomic E-state index is 12.1. The predicted molar refractivity (Wildman–Crippen MR) is 90.6 cm³/mol. The van der Waals surface area contributed by atoms with Gasteiger partial charge in [0, 0.05) is 18.0 Å². The Labute approximate surface area is 140 Å². The van der Waals surface area contributed by atoms with Crippen molar-refractivity contribution in [1.29, 1.82) is 0 Å². The predicted octanol–water partition coefficient (Wildman–Crippen LogP) is 2.84. The molecule has 0 saturated carbocycles. The molecular weight excluding hydrogens is 312 g/mol. The lowest BCUT2D eigenvalue weighted by Gasteiger charge is -2.18. The summed E-state index contributed by atoms with van der Waals surface area (Å²) in [5, 5.41) is 16.5. The molecule has 2 unspecified atom stereocenters. The van der Waals surface area contributed by atoms with Crippen LogP contribution in [0.5, 0.6) is 0 Å². The first-order valence-corrected chi connectivity index (χ1v) is 8.06. The molecule has 4 nitrogen and oxygen atoms in total. The van der Waals surface area contributed by atoms with Gasteiger partial charge in [0.25, 0.3) is 0 Å². The summed E-state index contributed by atoms with van der Waals surface area (Å²) in [5.74, 6) is 0. The maximum Gasteiger partial charge on any atom is 0.315 e. The number of carbonyl (C=O) groups excluding carboxylic acids is 1. The Balaban J connectivity index is 1.52. The minimum Gasteiger partial charge on any atom is -0.390 e. The van der Waals surface area contributed by atoms with Gasteiger partial charge in [-0.1, -0.05) is 48.0 Å². The molecule has 0 spiro atoms. The molecule has 0 heterocycles. The van der Waals surface area contributed by atoms with Gasteiger partial charge >= 0.3 is 6.03 Å². The molecule has 3 N–H and O–H groups in total. The molecule has 2 aromatic carbocycles. The molecule has 2 aromatic rings. The lowest BCUT2D eigenvalue weighted by molar-refractivity contribution is 0.142. The summed E-state index contributed by atoms with van der Waals surface area (Å²) in [7, 11) is 0. The summed E-state index contributed by atoms with van der Waals surface area (Å²) >= 11 is 5.94. The van der Waals surface area contributed by atoms with Crippen LogP contribution in [0.3, 0.4) is 0 Å². The van der Waals surface area contributed by atoms with Gasteiger partial charge in [0.15, 0.2) is 0 Å². The molecule has 0 fully saturated rings. The molecule has 1 aliphatic carbocycles. The van der Waals surface area contributed by atoms with Crippen molar-refractivity contribution >= 4 is 17.6 Å². The third kappa shape index (κ3) is 3.84. The number of nitrogens with one attached hydrogen (secondary N) is 2. The molecule has 0 aromatic heterocycles. The van der Waals surface area contributed by atoms with Crippen molar-refractivity contribution in [1.82, 2.24) is 10.6 Å². The van der Waals surface area contributed by atoms with Crippen molar-refractivity contribution in [2.45, 2.75) is 25.0 Å². The monoisotopic (exact) mass is 330 g/mol. The SMILES string of the molecule is O=C(NCCc1cccc(Cl)c1)NC1c2ccccc2CC1O. The van der Waals surface area contributed by atoms with Crippen LogP contribution in [-0.4, -0.2) is 23.8 Å². The van der Waals surface area contributed by atoms with E-state index in [0.29, 0.717) is 24.4 Å². The molecule has 0 radical (unpaired) electrons. The smallest absolute Gasteiger partial charge is 0.315 e. The minimum atomic E-state index is -0.578. The highest BCUT2D eigenvalue weighted by Crippen LogP contribution is 2.30. The van der Waals surface area contributed by atoms with Crippen molar-refractivity contribution in [3.8, 4) is 0 Å². The van der Waals surface area contributed by atoms with Gasteiger partial charge in [0.05, 0.1) is 12.1 Å². The summed E-state index contributed by atoms with van der Waals surface area (Å²) in [6.45, 7) is 0.511. The van der Waals surface area contributed by atoms with Crippen molar-refractivity contribution in [2.75, 3.05) is 6.54 Å². The topological polar surface area (TPSA) is 61.4 Å². The Bertz CT molecular complexity index is 705. The van der Waals surface area contributed by atoms with Gasteiger partial charge in [0.2, 0.25) is 0 Å². The molecule has 120 valence electrons. The van der Waals surface area contributed by atoms with E-state index in [2.05, 4.69) is 10.6 Å². The third-order valence-corrected chi connectivity index (χ3v) is 4.31. The summed E-state index contributed by atoms with van der Waals surface area (Å²) < 4.78 is 0. The van der Waals surface area contributed by atoms with Gasteiger partial charge in [0.1, 0.15) is 0 Å². The molecule has 0 aliphatic heterocycles. The summed E-state index contributed by atoms with van der Waals surface area (Å²) in [5.41, 5.74) is 3.15. The van der Waals surface area contributed by atoms with E-state index >= 15 is 0 Å². The fourth-order valence-electron chi connectivity index (χ4n) is 2.95. The van der Waals surface area contributed by atoms with E-state index in [9.17, 15) is 9.90 Å². The quantitative estimate of drug-likeness (QED) is 0.807. The first kappa shape index (κ1) is 15.8. The molecule has 23 heavy (non-hydrogen) atoms. The second-order valence-electron chi connectivity index (χ2n) is 5.73. The van der Waals surface area contributed by atoms with Crippen molar-refractivity contribution in [3.05, 3.63) is 70.2 Å². The molecule has 2 amide bonds. The van der Waals surface area contributed by atoms with Crippen LogP contribution < -0.4 is 10.6 Å². The van der Waals surface area contributed by atoms with Crippen LogP contribution in [0.2, 0.25) is 5.02 Å². The number of hydrogen-bond acceptors (Lipinski definition) is 2. The van der Waals surface area contributed by atoms with Crippen molar-refractivity contribution in [2.24, 2.45) is 0 Å². The normalized spacial score (nSPS) is 19.2. The van der Waals surface area contributed by atoms with Crippen molar-refractivity contribution < 1.29 is 9.90 Å². The first-order chi connectivity index (χ1) is 11.1. The summed E-state index contributed by atoms with van der Waals surface area (Å²) in [4.78, 5) is 12.1. The van der Waals surface area contributed by atoms with E-state index in [1.54, 1.807) is 0 Å². The summed E-state index contributed by atoms with van der Waals surface area (Å²) in [6, 6.07) is 14.8. The standard InChI is InChI=1S/C18H19ClN2O2/c19-14-6-3-4-12(10-14)8-9-20-18(23)21-17-15-7-2-1-5-13(15)11-16(17)22/h1-7,10,16-17,22H,8-9,11H2,(H2,20,21,23). The number of fused-ring (bicyclic) bond motifs is 1. The van der Waals surface area contributed by atoms with E-state index in [4.69, 9.17) is 11.6 Å². The molecule has 0 bridgehead atoms. The Morgan fingerprint density at radius 3 is 2.87 bits per heavy atom. The Morgan fingerprint density at radius 2 is 2.04 bits per heavy atom. The average Bonchev–Trinajstić information content (AvgIpc) is 2.83. The average molecular weight is 331 g/mol. The fraction of sp³-hybridized carbons (Fsp3) is 0.278. The zero-order valence-electron chi connectivity index (χ0n) is 12.6. The molecule has 2 atom stereocenters. The first-order valence-electron chi connectivity index (χ1n) is 7.68. The number of aliphatic hydroxyl groups excluding tert-OH is 1. The fourth-order valence-corrected chi connectivity index (χ4v) is 3.17. The number of benzene rings is 2. The highest BCUT2D eigenvalue weighted by molar-refractivity contribution is 6.30. The molecular formula is C18H19ClN2O2. The van der Waals surface area contributed by atoms with E-state index in [1.165, 1.54) is 0 Å². The van der Waals surface area contributed by atoms with Gasteiger partial charge in [-0.15, -0.1) is 0 Å². The highest BCUT2D eigenvalue weighted by Gasteiger charge is 2.31. The van der Waals surface area contributed by atoms with Gasteiger partial charge < -0.3 is 15.7 Å². The second kappa shape index (κ2) is 7.02. The number of aliphatic hydroxyl groups is 1. The van der Waals surface area contributed by atoms with E-state index in [-0.39, 0.29) is 12.1 Å². The van der Waals surface area contributed by atoms with E-state index < -0.39 is 6.10 Å². The lowest BCUT2D eigenvalue weighted by Crippen LogP contribution is -2.41. The number of rotatable bonds is 4. The van der Waals surface area contributed by atoms with Crippen molar-refractivity contribution in [3.63, 3.8) is 0 Å². The molecule has 3 rings (SSSR count). The van der Waals surface area contributed by atoms with Crippen LogP contribution in [0, 0.1) is 0 Å². The van der Waals surface area contributed by atoms with Crippen LogP contribution in [0.1, 0.15) is 22.7 Å². The molecule has 5 heteroatoms. The van der Waals surface area contributed by atoms with Crippen LogP contribution in [0.4, 0.5) is 4.79 Å². The van der Waals surface area contributed by atoms with Gasteiger partial charge in [-0.05, 0) is 35.2 Å². The van der Waals surface area contributed by atoms with Gasteiger partial charge in [-0.3, -0.25) is 0 Å². The van der Waals surface area contributed by atoms with E-state index in [0.717, 1.165) is 16.7 Å². The Hall–Kier alpha value is -2.04. The van der Waals surface area contributed by atoms with Crippen LogP contribution in [0.15, 0.2) is 48.5 Å². The number of urea groups is 1. The lowest BCUT2D eigenvalue weighted by atomic mass is 10.1. The minimum absolute atomic E-state index is 0.271. The highest BCUT2D eigenvalue weighted by atomic mass is 35.5. The zero-order valence-corrected chi connectivity index (χ0v) is 13.4. The summed E-state index contributed by atoms with van der Waals surface area (Å²) in [6.07, 6.45) is 0.701. The van der Waals surface area contributed by atoms with E-state index in [1.807, 2.05) is 48.5 Å². The number of amides is 2. The number of hydrogen-bond donors (Lipinski definition) is 3. The largest absolute Gasteiger partial charge is 0.390 e. The molecule has 0 saturated heterocycles. The Kier molecular flexibility index (Phi) is 4.84. The van der Waals surface area contributed by atoms with Crippen LogP contribution in [-0.2, 0) is 12.8 Å². The second-order valence-corrected chi connectivity index (χ2v) is 6.16. The molecule has 1 aliphatic rings. The third-order valence-electron chi connectivity index (χ3n) is 4.08. The maximum atomic E-state index is 12.1. The van der Waals surface area contributed by atoms with Crippen LogP contribution in [0.25, 0.3) is 0 Å². The van der Waals surface area contributed by atoms with Crippen LogP contribution >= 0.6 is 11.6 Å². The van der Waals surface area contributed by atoms with Gasteiger partial charge in [-0.2, -0.15) is 0 Å². The zero-order chi connectivity index (χ0) is 16.2. The van der Waals surface area contributed by atoms with Gasteiger partial charge in [-0.25, -0.2) is 4.79 Å². The number of halogens is 1. The Morgan fingerprint density at radius 1 is 1.22 bits per heavy atom. The number of carbonyl (C=O) groups is 1.